The van der Waals surface area contributed by atoms with Crippen molar-refractivity contribution in [1.29, 1.82) is 0 Å². The van der Waals surface area contributed by atoms with Gasteiger partial charge >= 0.3 is 0 Å². The summed E-state index contributed by atoms with van der Waals surface area (Å²) >= 11 is 0. The molecule has 0 radical (unpaired) electrons. The van der Waals surface area contributed by atoms with Gasteiger partial charge in [0, 0.05) is 18.8 Å². The fourth-order valence-corrected chi connectivity index (χ4v) is 4.46. The first-order chi connectivity index (χ1) is 15.6. The summed E-state index contributed by atoms with van der Waals surface area (Å²) in [5.74, 6) is 1.04. The Morgan fingerprint density at radius 2 is 1.91 bits per heavy atom. The number of hydrogen-bond acceptors (Lipinski definition) is 4. The fourth-order valence-electron chi connectivity index (χ4n) is 4.46. The lowest BCUT2D eigenvalue weighted by molar-refractivity contribution is 0.188. The lowest BCUT2D eigenvalue weighted by Gasteiger charge is -2.34. The minimum Gasteiger partial charge on any atom is -0.370 e. The Labute approximate surface area is 187 Å². The summed E-state index contributed by atoms with van der Waals surface area (Å²) in [6, 6.07) is 16.8. The second-order valence-corrected chi connectivity index (χ2v) is 8.29. The molecule has 32 heavy (non-hydrogen) atoms. The van der Waals surface area contributed by atoms with Crippen molar-refractivity contribution in [3.8, 4) is 0 Å². The highest BCUT2D eigenvalue weighted by Crippen LogP contribution is 2.29. The highest BCUT2D eigenvalue weighted by Gasteiger charge is 2.26. The zero-order valence-corrected chi connectivity index (χ0v) is 17.9. The van der Waals surface area contributed by atoms with Crippen LogP contribution in [0.25, 0.3) is 11.0 Å². The van der Waals surface area contributed by atoms with E-state index in [0.717, 1.165) is 48.5 Å². The van der Waals surface area contributed by atoms with Gasteiger partial charge in [-0.3, -0.25) is 9.89 Å². The molecule has 0 saturated heterocycles. The highest BCUT2D eigenvalue weighted by molar-refractivity contribution is 5.79. The van der Waals surface area contributed by atoms with Gasteiger partial charge in [0.15, 0.2) is 5.96 Å². The van der Waals surface area contributed by atoms with Crippen molar-refractivity contribution in [1.82, 2.24) is 14.9 Å². The SMILES string of the molecule is NC(N)=Nc1ccc(CN(Cc2nc3ccccc3[nH]2)C2C=C3C=CC=NC3CC2)cc1. The molecule has 2 aromatic carbocycles. The fraction of sp³-hybridized carbons (Fsp3) is 0.240. The number of dihydropyridines is 1. The maximum atomic E-state index is 5.50. The number of imidazole rings is 1. The number of fused-ring (bicyclic) bond motifs is 2. The Kier molecular flexibility index (Phi) is 5.56. The third-order valence-corrected chi connectivity index (χ3v) is 5.99. The molecule has 5 N–H and O–H groups in total. The molecular formula is C25H27N7. The summed E-state index contributed by atoms with van der Waals surface area (Å²) in [5, 5.41) is 0. The highest BCUT2D eigenvalue weighted by atomic mass is 15.2. The van der Waals surface area contributed by atoms with Crippen LogP contribution in [0.5, 0.6) is 0 Å². The Morgan fingerprint density at radius 1 is 1.06 bits per heavy atom. The van der Waals surface area contributed by atoms with Gasteiger partial charge in [0.1, 0.15) is 5.82 Å². The minimum absolute atomic E-state index is 0.0656. The van der Waals surface area contributed by atoms with Gasteiger partial charge in [-0.05, 0) is 54.3 Å². The zero-order valence-electron chi connectivity index (χ0n) is 17.9. The molecule has 0 saturated carbocycles. The van der Waals surface area contributed by atoms with Crippen molar-refractivity contribution in [2.24, 2.45) is 21.5 Å². The number of nitrogens with zero attached hydrogens (tertiary/aromatic N) is 4. The van der Waals surface area contributed by atoms with Gasteiger partial charge in [0.25, 0.3) is 0 Å². The molecule has 7 nitrogen and oxygen atoms in total. The van der Waals surface area contributed by atoms with E-state index in [1.807, 2.05) is 42.6 Å². The lowest BCUT2D eigenvalue weighted by Crippen LogP contribution is -2.37. The van der Waals surface area contributed by atoms with E-state index in [1.165, 1.54) is 11.1 Å². The quantitative estimate of drug-likeness (QED) is 0.414. The molecule has 3 aromatic rings. The van der Waals surface area contributed by atoms with E-state index in [2.05, 4.69) is 50.2 Å². The molecule has 0 bridgehead atoms. The molecule has 2 heterocycles. The predicted octanol–water partition coefficient (Wildman–Crippen LogP) is 3.57. The number of rotatable bonds is 6. The van der Waals surface area contributed by atoms with E-state index in [0.29, 0.717) is 12.1 Å². The first-order valence-corrected chi connectivity index (χ1v) is 10.9. The van der Waals surface area contributed by atoms with Crippen LogP contribution in [-0.2, 0) is 13.1 Å². The monoisotopic (exact) mass is 425 g/mol. The van der Waals surface area contributed by atoms with Crippen molar-refractivity contribution in [3.63, 3.8) is 0 Å². The zero-order chi connectivity index (χ0) is 21.9. The average Bonchev–Trinajstić information content (AvgIpc) is 3.22. The number of aromatic amines is 1. The maximum Gasteiger partial charge on any atom is 0.191 e. The van der Waals surface area contributed by atoms with Crippen molar-refractivity contribution in [2.45, 2.75) is 38.0 Å². The molecular weight excluding hydrogens is 398 g/mol. The van der Waals surface area contributed by atoms with Gasteiger partial charge in [-0.15, -0.1) is 0 Å². The van der Waals surface area contributed by atoms with E-state index in [-0.39, 0.29) is 5.96 Å². The summed E-state index contributed by atoms with van der Waals surface area (Å²) in [5.41, 5.74) is 16.3. The number of H-pyrrole nitrogens is 1. The maximum absolute atomic E-state index is 5.50. The van der Waals surface area contributed by atoms with Crippen LogP contribution in [0.15, 0.2) is 82.3 Å². The molecule has 2 atom stereocenters. The Balaban J connectivity index is 1.42. The number of nitrogens with two attached hydrogens (primary N) is 2. The third kappa shape index (κ3) is 4.48. The number of benzene rings is 2. The first kappa shape index (κ1) is 20.2. The van der Waals surface area contributed by atoms with Crippen LogP contribution in [0.4, 0.5) is 5.69 Å². The Morgan fingerprint density at radius 3 is 2.72 bits per heavy atom. The number of nitrogens with one attached hydrogen (secondary N) is 1. The van der Waals surface area contributed by atoms with Gasteiger partial charge in [0.2, 0.25) is 0 Å². The van der Waals surface area contributed by atoms with E-state index < -0.39 is 0 Å². The summed E-state index contributed by atoms with van der Waals surface area (Å²) < 4.78 is 0. The number of allylic oxidation sites excluding steroid dienone is 1. The third-order valence-electron chi connectivity index (χ3n) is 5.99. The van der Waals surface area contributed by atoms with Crippen molar-refractivity contribution in [2.75, 3.05) is 0 Å². The number of aromatic nitrogens is 2. The van der Waals surface area contributed by atoms with Crippen LogP contribution in [0.1, 0.15) is 24.2 Å². The molecule has 1 aliphatic heterocycles. The molecule has 0 amide bonds. The van der Waals surface area contributed by atoms with Crippen LogP contribution >= 0.6 is 0 Å². The largest absolute Gasteiger partial charge is 0.370 e. The standard InChI is InChI=1S/C25H27N7/c26-25(27)29-19-9-7-17(8-10-19)15-32(16-24-30-22-5-1-2-6-23(22)31-24)20-11-12-21-18(14-20)4-3-13-28-21/h1-10,13-14,20-21H,11-12,15-16H2,(H,30,31)(H4,26,27,29). The number of hydrogen-bond donors (Lipinski definition) is 3. The average molecular weight is 426 g/mol. The summed E-state index contributed by atoms with van der Waals surface area (Å²) in [7, 11) is 0. The van der Waals surface area contributed by atoms with Gasteiger partial charge in [-0.1, -0.05) is 36.4 Å². The molecule has 5 rings (SSSR count). The van der Waals surface area contributed by atoms with Crippen LogP contribution in [0, 0.1) is 0 Å². The summed E-state index contributed by atoms with van der Waals surface area (Å²) in [6.07, 6.45) is 10.6. The molecule has 162 valence electrons. The van der Waals surface area contributed by atoms with Gasteiger partial charge < -0.3 is 16.5 Å². The van der Waals surface area contributed by atoms with Crippen LogP contribution in [0.3, 0.4) is 0 Å². The van der Waals surface area contributed by atoms with Crippen molar-refractivity contribution < 1.29 is 0 Å². The Hall–Kier alpha value is -3.71. The molecule has 2 unspecified atom stereocenters. The summed E-state index contributed by atoms with van der Waals surface area (Å²) in [4.78, 5) is 19.5. The van der Waals surface area contributed by atoms with Gasteiger partial charge in [-0.2, -0.15) is 0 Å². The molecule has 1 aliphatic carbocycles. The molecule has 0 spiro atoms. The van der Waals surface area contributed by atoms with Crippen LogP contribution in [0.2, 0.25) is 0 Å². The van der Waals surface area contributed by atoms with E-state index in [1.54, 1.807) is 0 Å². The second-order valence-electron chi connectivity index (χ2n) is 8.29. The number of aliphatic imine (C=N–C) groups is 2. The predicted molar refractivity (Wildman–Crippen MR) is 130 cm³/mol. The minimum atomic E-state index is 0.0656. The van der Waals surface area contributed by atoms with Crippen LogP contribution in [-0.4, -0.2) is 39.1 Å². The van der Waals surface area contributed by atoms with Crippen LogP contribution < -0.4 is 11.5 Å². The molecule has 7 heteroatoms. The van der Waals surface area contributed by atoms with Crippen molar-refractivity contribution in [3.05, 3.63) is 83.7 Å². The lowest BCUT2D eigenvalue weighted by atomic mass is 9.89. The topological polar surface area (TPSA) is 109 Å². The molecule has 1 aromatic heterocycles. The van der Waals surface area contributed by atoms with E-state index in [4.69, 9.17) is 16.5 Å². The number of guanidine groups is 1. The normalized spacial score (nSPS) is 19.7. The summed E-state index contributed by atoms with van der Waals surface area (Å²) in [6.45, 7) is 1.53. The van der Waals surface area contributed by atoms with E-state index >= 15 is 0 Å². The van der Waals surface area contributed by atoms with Crippen molar-refractivity contribution >= 4 is 28.9 Å². The second kappa shape index (κ2) is 8.80. The number of para-hydroxylation sites is 2. The first-order valence-electron chi connectivity index (χ1n) is 10.9. The smallest absolute Gasteiger partial charge is 0.191 e. The van der Waals surface area contributed by atoms with Gasteiger partial charge in [-0.25, -0.2) is 9.98 Å². The molecule has 0 fully saturated rings. The Bertz CT molecular complexity index is 1180. The molecule has 2 aliphatic rings. The van der Waals surface area contributed by atoms with Gasteiger partial charge in [0.05, 0.1) is 29.3 Å². The van der Waals surface area contributed by atoms with E-state index in [9.17, 15) is 0 Å².